The van der Waals surface area contributed by atoms with E-state index in [2.05, 4.69) is 156 Å². The number of aromatic nitrogens is 4. The second kappa shape index (κ2) is 11.9. The summed E-state index contributed by atoms with van der Waals surface area (Å²) in [4.78, 5) is 15.6. The van der Waals surface area contributed by atoms with Crippen molar-refractivity contribution in [3.05, 3.63) is 182 Å². The van der Waals surface area contributed by atoms with Crippen LogP contribution in [-0.4, -0.2) is 19.5 Å². The summed E-state index contributed by atoms with van der Waals surface area (Å²) in [6.07, 6.45) is 0. The second-order valence-electron chi connectivity index (χ2n) is 12.9. The molecule has 0 spiro atoms. The highest BCUT2D eigenvalue weighted by Crippen LogP contribution is 2.36. The van der Waals surface area contributed by atoms with Crippen molar-refractivity contribution in [1.82, 2.24) is 19.5 Å². The molecule has 7 aromatic carbocycles. The van der Waals surface area contributed by atoms with E-state index in [1.165, 1.54) is 33.0 Å². The quantitative estimate of drug-likeness (QED) is 0.186. The summed E-state index contributed by atoms with van der Waals surface area (Å²) < 4.78 is 2.14. The van der Waals surface area contributed by atoms with Crippen molar-refractivity contribution in [2.75, 3.05) is 0 Å². The molecular formula is C47H30N4. The summed E-state index contributed by atoms with van der Waals surface area (Å²) in [6, 6.07) is 63.9. The van der Waals surface area contributed by atoms with Crippen LogP contribution in [0.25, 0.3) is 94.3 Å². The van der Waals surface area contributed by atoms with Gasteiger partial charge in [-0.3, -0.25) is 4.57 Å². The maximum atomic E-state index is 5.30. The Morgan fingerprint density at radius 3 is 1.80 bits per heavy atom. The third-order valence-electron chi connectivity index (χ3n) is 9.75. The van der Waals surface area contributed by atoms with Crippen LogP contribution in [0.3, 0.4) is 0 Å². The summed E-state index contributed by atoms with van der Waals surface area (Å²) >= 11 is 0. The average Bonchev–Trinajstić information content (AvgIpc) is 3.53. The van der Waals surface area contributed by atoms with Crippen LogP contribution in [0.1, 0.15) is 0 Å². The number of fused-ring (bicyclic) bond motifs is 5. The zero-order valence-corrected chi connectivity index (χ0v) is 27.6. The van der Waals surface area contributed by atoms with E-state index in [-0.39, 0.29) is 0 Å². The van der Waals surface area contributed by atoms with Crippen LogP contribution in [0.2, 0.25) is 0 Å². The first kappa shape index (κ1) is 29.0. The molecular weight excluding hydrogens is 621 g/mol. The summed E-state index contributed by atoms with van der Waals surface area (Å²) in [6.45, 7) is 0. The van der Waals surface area contributed by atoms with Crippen LogP contribution >= 0.6 is 0 Å². The Balaban J connectivity index is 1.14. The molecule has 3 aromatic heterocycles. The fourth-order valence-corrected chi connectivity index (χ4v) is 7.22. The predicted octanol–water partition coefficient (Wildman–Crippen LogP) is 11.9. The van der Waals surface area contributed by atoms with E-state index in [1.807, 2.05) is 30.3 Å². The summed E-state index contributed by atoms with van der Waals surface area (Å²) in [5.41, 5.74) is 13.3. The van der Waals surface area contributed by atoms with Gasteiger partial charge in [0.25, 0.3) is 0 Å². The first-order valence-electron chi connectivity index (χ1n) is 17.2. The SMILES string of the molecule is c1ccc(-c2cc(-c3ccc4ccccc4c3)cc(-c3ccc4nc5c(nc4c3)c3ccccc3n5-c3cccc(-c4ccccc4)n3)c2)cc1. The van der Waals surface area contributed by atoms with Crippen molar-refractivity contribution >= 4 is 43.9 Å². The first-order valence-corrected chi connectivity index (χ1v) is 17.2. The number of nitrogens with zero attached hydrogens (tertiary/aromatic N) is 4. The molecule has 0 saturated heterocycles. The van der Waals surface area contributed by atoms with Crippen LogP contribution < -0.4 is 0 Å². The average molecular weight is 651 g/mol. The summed E-state index contributed by atoms with van der Waals surface area (Å²) in [5, 5.41) is 3.51. The topological polar surface area (TPSA) is 43.6 Å². The molecule has 10 aromatic rings. The van der Waals surface area contributed by atoms with Crippen LogP contribution in [0, 0.1) is 0 Å². The van der Waals surface area contributed by atoms with Crippen molar-refractivity contribution in [1.29, 1.82) is 0 Å². The van der Waals surface area contributed by atoms with Gasteiger partial charge in [0.1, 0.15) is 11.3 Å². The molecule has 0 saturated carbocycles. The Morgan fingerprint density at radius 1 is 0.353 bits per heavy atom. The molecule has 51 heavy (non-hydrogen) atoms. The molecule has 0 aliphatic rings. The normalized spacial score (nSPS) is 11.5. The van der Waals surface area contributed by atoms with Crippen molar-refractivity contribution in [2.24, 2.45) is 0 Å². The molecule has 0 aliphatic carbocycles. The molecule has 0 fully saturated rings. The minimum Gasteiger partial charge on any atom is -0.276 e. The molecule has 0 radical (unpaired) electrons. The zero-order valence-electron chi connectivity index (χ0n) is 27.6. The molecule has 0 unspecified atom stereocenters. The fraction of sp³-hybridized carbons (Fsp3) is 0. The van der Waals surface area contributed by atoms with Gasteiger partial charge in [0.2, 0.25) is 0 Å². The van der Waals surface area contributed by atoms with E-state index in [1.54, 1.807) is 0 Å². The Morgan fingerprint density at radius 2 is 1.00 bits per heavy atom. The number of benzene rings is 7. The molecule has 4 heteroatoms. The van der Waals surface area contributed by atoms with Crippen molar-refractivity contribution in [3.63, 3.8) is 0 Å². The molecule has 3 heterocycles. The number of hydrogen-bond donors (Lipinski definition) is 0. The molecule has 0 atom stereocenters. The van der Waals surface area contributed by atoms with Crippen molar-refractivity contribution < 1.29 is 0 Å². The molecule has 10 rings (SSSR count). The monoisotopic (exact) mass is 650 g/mol. The van der Waals surface area contributed by atoms with Crippen LogP contribution in [0.15, 0.2) is 182 Å². The van der Waals surface area contributed by atoms with Crippen LogP contribution in [-0.2, 0) is 0 Å². The Bertz CT molecular complexity index is 2910. The molecule has 0 amide bonds. The Hall–Kier alpha value is -6.91. The lowest BCUT2D eigenvalue weighted by molar-refractivity contribution is 1.06. The zero-order chi connectivity index (χ0) is 33.7. The lowest BCUT2D eigenvalue weighted by Gasteiger charge is -2.12. The van der Waals surface area contributed by atoms with E-state index in [0.717, 1.165) is 61.3 Å². The van der Waals surface area contributed by atoms with E-state index in [9.17, 15) is 0 Å². The third-order valence-corrected chi connectivity index (χ3v) is 9.75. The molecule has 0 N–H and O–H groups in total. The Kier molecular flexibility index (Phi) is 6.78. The number of rotatable bonds is 5. The van der Waals surface area contributed by atoms with Gasteiger partial charge in [0.15, 0.2) is 5.65 Å². The minimum absolute atomic E-state index is 0.791. The fourth-order valence-electron chi connectivity index (χ4n) is 7.22. The lowest BCUT2D eigenvalue weighted by Crippen LogP contribution is -2.00. The molecule has 0 aliphatic heterocycles. The minimum atomic E-state index is 0.791. The number of para-hydroxylation sites is 1. The van der Waals surface area contributed by atoms with Gasteiger partial charge in [-0.25, -0.2) is 15.0 Å². The highest BCUT2D eigenvalue weighted by Gasteiger charge is 2.18. The smallest absolute Gasteiger partial charge is 0.166 e. The van der Waals surface area contributed by atoms with Gasteiger partial charge >= 0.3 is 0 Å². The van der Waals surface area contributed by atoms with Gasteiger partial charge < -0.3 is 0 Å². The third kappa shape index (κ3) is 5.13. The van der Waals surface area contributed by atoms with Crippen molar-refractivity contribution in [3.8, 4) is 50.5 Å². The van der Waals surface area contributed by atoms with Gasteiger partial charge in [-0.05, 0) is 98.8 Å². The highest BCUT2D eigenvalue weighted by molar-refractivity contribution is 6.07. The van der Waals surface area contributed by atoms with Gasteiger partial charge in [0, 0.05) is 10.9 Å². The van der Waals surface area contributed by atoms with Crippen molar-refractivity contribution in [2.45, 2.75) is 0 Å². The van der Waals surface area contributed by atoms with Gasteiger partial charge in [0.05, 0.1) is 22.2 Å². The predicted molar refractivity (Wildman–Crippen MR) is 211 cm³/mol. The van der Waals surface area contributed by atoms with E-state index >= 15 is 0 Å². The Labute approximate surface area is 295 Å². The molecule has 0 bridgehead atoms. The molecule has 4 nitrogen and oxygen atoms in total. The van der Waals surface area contributed by atoms with E-state index in [0.29, 0.717) is 0 Å². The molecule has 238 valence electrons. The van der Waals surface area contributed by atoms with E-state index < -0.39 is 0 Å². The van der Waals surface area contributed by atoms with Crippen LogP contribution in [0.5, 0.6) is 0 Å². The maximum Gasteiger partial charge on any atom is 0.166 e. The number of hydrogen-bond acceptors (Lipinski definition) is 3. The summed E-state index contributed by atoms with van der Waals surface area (Å²) in [7, 11) is 0. The van der Waals surface area contributed by atoms with Crippen LogP contribution in [0.4, 0.5) is 0 Å². The van der Waals surface area contributed by atoms with E-state index in [4.69, 9.17) is 15.0 Å². The number of pyridine rings is 1. The van der Waals surface area contributed by atoms with Gasteiger partial charge in [-0.2, -0.15) is 0 Å². The first-order chi connectivity index (χ1) is 25.2. The second-order valence-corrected chi connectivity index (χ2v) is 12.9. The largest absolute Gasteiger partial charge is 0.276 e. The maximum absolute atomic E-state index is 5.30. The summed E-state index contributed by atoms with van der Waals surface area (Å²) in [5.74, 6) is 0.812. The van der Waals surface area contributed by atoms with Gasteiger partial charge in [-0.15, -0.1) is 0 Å². The highest BCUT2D eigenvalue weighted by atomic mass is 15.1. The van der Waals surface area contributed by atoms with Gasteiger partial charge in [-0.1, -0.05) is 127 Å². The standard InChI is InChI=1S/C47H30N4/c1-3-12-31(13-4-1)37-27-38(35-23-22-32-14-7-8-17-34(32)26-35)29-39(28-37)36-24-25-42-43(30-36)49-46-40-18-9-10-20-44(40)51(47(46)50-42)45-21-11-19-41(48-45)33-15-5-2-6-16-33/h1-30H. The lowest BCUT2D eigenvalue weighted by atomic mass is 9.92.